The first-order valence-corrected chi connectivity index (χ1v) is 9.62. The molecule has 8 heteroatoms. The standard InChI is InChI=1S/C20H26N4O4/c1-4-5-10-20(3)18(27)23(19(28)22-20)12-17(26)24-13(2)11-16(25)21-14-8-6-7-9-15(14)24/h6-9,13H,4-5,10-12H2,1-3H3,(H,21,25)(H,22,28)/t13-,20+/m0/s1. The van der Waals surface area contributed by atoms with E-state index in [-0.39, 0.29) is 24.8 Å². The van der Waals surface area contributed by atoms with Crippen LogP contribution in [0.15, 0.2) is 24.3 Å². The number of benzene rings is 1. The van der Waals surface area contributed by atoms with E-state index in [0.717, 1.165) is 17.7 Å². The first kappa shape index (κ1) is 19.9. The van der Waals surface area contributed by atoms with Crippen LogP contribution in [0.4, 0.5) is 16.2 Å². The van der Waals surface area contributed by atoms with E-state index < -0.39 is 23.5 Å². The highest BCUT2D eigenvalue weighted by Gasteiger charge is 2.48. The van der Waals surface area contributed by atoms with Crippen molar-refractivity contribution in [3.05, 3.63) is 24.3 Å². The van der Waals surface area contributed by atoms with Crippen LogP contribution in [0.2, 0.25) is 0 Å². The summed E-state index contributed by atoms with van der Waals surface area (Å²) in [4.78, 5) is 52.9. The lowest BCUT2D eigenvalue weighted by atomic mass is 9.95. The molecule has 0 radical (unpaired) electrons. The summed E-state index contributed by atoms with van der Waals surface area (Å²) in [6.45, 7) is 5.12. The van der Waals surface area contributed by atoms with E-state index in [1.807, 2.05) is 6.92 Å². The van der Waals surface area contributed by atoms with Crippen LogP contribution >= 0.6 is 0 Å². The van der Waals surface area contributed by atoms with Crippen LogP contribution in [0, 0.1) is 0 Å². The molecule has 1 aromatic rings. The molecule has 2 atom stereocenters. The van der Waals surface area contributed by atoms with Gasteiger partial charge in [0.2, 0.25) is 11.8 Å². The first-order valence-electron chi connectivity index (χ1n) is 9.62. The number of nitrogens with one attached hydrogen (secondary N) is 2. The molecule has 2 aliphatic rings. The Morgan fingerprint density at radius 3 is 2.68 bits per heavy atom. The zero-order chi connectivity index (χ0) is 20.5. The van der Waals surface area contributed by atoms with Gasteiger partial charge in [-0.15, -0.1) is 0 Å². The highest BCUT2D eigenvalue weighted by molar-refractivity contribution is 6.11. The molecule has 2 aliphatic heterocycles. The molecule has 1 aromatic carbocycles. The number of carbonyl (C=O) groups excluding carboxylic acids is 4. The third kappa shape index (κ3) is 3.58. The highest BCUT2D eigenvalue weighted by atomic mass is 16.2. The van der Waals surface area contributed by atoms with Crippen LogP contribution < -0.4 is 15.5 Å². The number of carbonyl (C=O) groups is 4. The summed E-state index contributed by atoms with van der Waals surface area (Å²) in [6, 6.07) is 6.06. The Balaban J connectivity index is 1.83. The zero-order valence-corrected chi connectivity index (χ0v) is 16.4. The molecule has 0 aromatic heterocycles. The Morgan fingerprint density at radius 2 is 1.96 bits per heavy atom. The molecule has 28 heavy (non-hydrogen) atoms. The smallest absolute Gasteiger partial charge is 0.324 e. The predicted octanol–water partition coefficient (Wildman–Crippen LogP) is 2.25. The number of anilines is 2. The third-order valence-corrected chi connectivity index (χ3v) is 5.30. The second-order valence-electron chi connectivity index (χ2n) is 7.64. The average Bonchev–Trinajstić information content (AvgIpc) is 2.77. The van der Waals surface area contributed by atoms with Crippen molar-refractivity contribution in [2.75, 3.05) is 16.8 Å². The van der Waals surface area contributed by atoms with Crippen molar-refractivity contribution in [3.63, 3.8) is 0 Å². The number of fused-ring (bicyclic) bond motifs is 1. The maximum absolute atomic E-state index is 13.1. The van der Waals surface area contributed by atoms with Crippen molar-refractivity contribution in [3.8, 4) is 0 Å². The number of rotatable bonds is 5. The quantitative estimate of drug-likeness (QED) is 0.758. The van der Waals surface area contributed by atoms with Gasteiger partial charge in [0, 0.05) is 12.5 Å². The topological polar surface area (TPSA) is 98.8 Å². The Hall–Kier alpha value is -2.90. The molecule has 5 amide bonds. The Labute approximate surface area is 164 Å². The van der Waals surface area contributed by atoms with Crippen molar-refractivity contribution in [1.29, 1.82) is 0 Å². The lowest BCUT2D eigenvalue weighted by molar-refractivity contribution is -0.134. The fraction of sp³-hybridized carbons (Fsp3) is 0.500. The Morgan fingerprint density at radius 1 is 1.25 bits per heavy atom. The molecule has 8 nitrogen and oxygen atoms in total. The van der Waals surface area contributed by atoms with Crippen molar-refractivity contribution < 1.29 is 19.2 Å². The van der Waals surface area contributed by atoms with E-state index >= 15 is 0 Å². The fourth-order valence-electron chi connectivity index (χ4n) is 3.77. The number of para-hydroxylation sites is 2. The van der Waals surface area contributed by atoms with Crippen molar-refractivity contribution in [2.45, 2.75) is 58.0 Å². The molecule has 0 unspecified atom stereocenters. The molecular weight excluding hydrogens is 360 g/mol. The van der Waals surface area contributed by atoms with Gasteiger partial charge in [-0.05, 0) is 32.4 Å². The third-order valence-electron chi connectivity index (χ3n) is 5.30. The van der Waals surface area contributed by atoms with Crippen molar-refractivity contribution >= 4 is 35.1 Å². The summed E-state index contributed by atoms with van der Waals surface area (Å²) >= 11 is 0. The predicted molar refractivity (Wildman–Crippen MR) is 105 cm³/mol. The van der Waals surface area contributed by atoms with Crippen LogP contribution in [0.25, 0.3) is 0 Å². The van der Waals surface area contributed by atoms with Gasteiger partial charge in [-0.1, -0.05) is 31.9 Å². The van der Waals surface area contributed by atoms with Crippen molar-refractivity contribution in [1.82, 2.24) is 10.2 Å². The number of amides is 5. The van der Waals surface area contributed by atoms with Gasteiger partial charge in [0.1, 0.15) is 12.1 Å². The van der Waals surface area contributed by atoms with Gasteiger partial charge in [-0.25, -0.2) is 4.79 Å². The van der Waals surface area contributed by atoms with Gasteiger partial charge in [0.15, 0.2) is 0 Å². The van der Waals surface area contributed by atoms with E-state index in [1.54, 1.807) is 38.1 Å². The maximum Gasteiger partial charge on any atom is 0.325 e. The summed E-state index contributed by atoms with van der Waals surface area (Å²) in [5.74, 6) is -0.971. The van der Waals surface area contributed by atoms with Gasteiger partial charge < -0.3 is 15.5 Å². The molecule has 1 fully saturated rings. The molecule has 0 saturated carbocycles. The number of imide groups is 1. The van der Waals surface area contributed by atoms with Gasteiger partial charge >= 0.3 is 6.03 Å². The first-order chi connectivity index (χ1) is 13.3. The Kier molecular flexibility index (Phi) is 5.40. The van der Waals surface area contributed by atoms with Crippen LogP contribution in [0.3, 0.4) is 0 Å². The molecule has 0 aliphatic carbocycles. The van der Waals surface area contributed by atoms with Crippen LogP contribution in [0.5, 0.6) is 0 Å². The molecule has 3 rings (SSSR count). The van der Waals surface area contributed by atoms with Gasteiger partial charge in [0.05, 0.1) is 11.4 Å². The normalized spacial score (nSPS) is 24.5. The van der Waals surface area contributed by atoms with Gasteiger partial charge in [0.25, 0.3) is 5.91 Å². The van der Waals surface area contributed by atoms with Crippen LogP contribution in [0.1, 0.15) is 46.5 Å². The minimum atomic E-state index is -0.979. The largest absolute Gasteiger partial charge is 0.325 e. The molecule has 150 valence electrons. The lowest BCUT2D eigenvalue weighted by Crippen LogP contribution is -2.48. The fourth-order valence-corrected chi connectivity index (χ4v) is 3.77. The van der Waals surface area contributed by atoms with Crippen molar-refractivity contribution in [2.24, 2.45) is 0 Å². The van der Waals surface area contributed by atoms with Crippen LogP contribution in [-0.4, -0.2) is 46.8 Å². The summed E-state index contributed by atoms with van der Waals surface area (Å²) in [5.41, 5.74) is 0.120. The summed E-state index contributed by atoms with van der Waals surface area (Å²) in [5, 5.41) is 5.52. The SMILES string of the molecule is CCCC[C@@]1(C)NC(=O)N(CC(=O)N2c3ccccc3NC(=O)C[C@@H]2C)C1=O. The molecule has 0 spiro atoms. The lowest BCUT2D eigenvalue weighted by Gasteiger charge is -2.29. The maximum atomic E-state index is 13.1. The second-order valence-corrected chi connectivity index (χ2v) is 7.64. The second kappa shape index (κ2) is 7.61. The highest BCUT2D eigenvalue weighted by Crippen LogP contribution is 2.32. The molecule has 1 saturated heterocycles. The molecule has 2 heterocycles. The summed E-state index contributed by atoms with van der Waals surface area (Å²) < 4.78 is 0. The van der Waals surface area contributed by atoms with E-state index in [0.29, 0.717) is 17.8 Å². The summed E-state index contributed by atoms with van der Waals surface area (Å²) in [6.07, 6.45) is 2.37. The van der Waals surface area contributed by atoms with E-state index in [1.165, 1.54) is 4.90 Å². The number of nitrogens with zero attached hydrogens (tertiary/aromatic N) is 2. The average molecular weight is 386 g/mol. The number of hydrogen-bond donors (Lipinski definition) is 2. The molecule has 2 N–H and O–H groups in total. The van der Waals surface area contributed by atoms with E-state index in [2.05, 4.69) is 10.6 Å². The van der Waals surface area contributed by atoms with E-state index in [4.69, 9.17) is 0 Å². The summed E-state index contributed by atoms with van der Waals surface area (Å²) in [7, 11) is 0. The van der Waals surface area contributed by atoms with Gasteiger partial charge in [-0.2, -0.15) is 0 Å². The minimum Gasteiger partial charge on any atom is -0.324 e. The molecular formula is C20H26N4O4. The minimum absolute atomic E-state index is 0.134. The van der Waals surface area contributed by atoms with Crippen LogP contribution in [-0.2, 0) is 14.4 Å². The monoisotopic (exact) mass is 386 g/mol. The number of unbranched alkanes of at least 4 members (excludes halogenated alkanes) is 1. The number of urea groups is 1. The number of hydrogen-bond acceptors (Lipinski definition) is 4. The Bertz CT molecular complexity index is 824. The molecule has 0 bridgehead atoms. The van der Waals surface area contributed by atoms with Gasteiger partial charge in [-0.3, -0.25) is 19.3 Å². The van der Waals surface area contributed by atoms with E-state index in [9.17, 15) is 19.2 Å². The zero-order valence-electron chi connectivity index (χ0n) is 16.4.